The molecule has 0 N–H and O–H groups in total. The van der Waals surface area contributed by atoms with Gasteiger partial charge in [-0.15, -0.1) is 0 Å². The van der Waals surface area contributed by atoms with E-state index in [1.807, 2.05) is 24.3 Å². The Bertz CT molecular complexity index is 634. The Labute approximate surface area is 143 Å². The predicted octanol–water partition coefficient (Wildman–Crippen LogP) is 4.97. The molecule has 3 aliphatic carbocycles. The molecule has 2 fully saturated rings. The van der Waals surface area contributed by atoms with Gasteiger partial charge in [-0.25, -0.2) is 0 Å². The number of hydrogen-bond donors (Lipinski definition) is 0. The minimum Gasteiger partial charge on any atom is -0.332 e. The third-order valence-corrected chi connectivity index (χ3v) is 6.06. The van der Waals surface area contributed by atoms with Crippen molar-refractivity contribution in [2.24, 2.45) is 11.8 Å². The van der Waals surface area contributed by atoms with Crippen molar-refractivity contribution in [1.29, 1.82) is 0 Å². The molecule has 2 atom stereocenters. The lowest BCUT2D eigenvalue weighted by molar-refractivity contribution is -0.129. The molecule has 2 unspecified atom stereocenters. The van der Waals surface area contributed by atoms with E-state index in [0.29, 0.717) is 18.5 Å². The van der Waals surface area contributed by atoms with Gasteiger partial charge in [0.2, 0.25) is 5.91 Å². The summed E-state index contributed by atoms with van der Waals surface area (Å²) in [6.45, 7) is 0.649. The van der Waals surface area contributed by atoms with E-state index in [-0.39, 0.29) is 5.91 Å². The Kier molecular flexibility index (Phi) is 4.19. The quantitative estimate of drug-likeness (QED) is 0.764. The smallest absolute Gasteiger partial charge is 0.250 e. The fourth-order valence-corrected chi connectivity index (χ4v) is 4.43. The second kappa shape index (κ2) is 6.32. The van der Waals surface area contributed by atoms with Gasteiger partial charge >= 0.3 is 0 Å². The van der Waals surface area contributed by atoms with E-state index < -0.39 is 0 Å². The molecule has 1 aromatic carbocycles. The number of nitrogens with zero attached hydrogens (tertiary/aromatic N) is 1. The van der Waals surface area contributed by atoms with Crippen LogP contribution in [0, 0.1) is 11.8 Å². The number of carbonyl (C=O) groups excluding carboxylic acids is 1. The highest BCUT2D eigenvalue weighted by molar-refractivity contribution is 6.31. The summed E-state index contributed by atoms with van der Waals surface area (Å²) in [5.74, 6) is 1.60. The van der Waals surface area contributed by atoms with Crippen LogP contribution in [0.1, 0.15) is 50.5 Å². The third kappa shape index (κ3) is 3.19. The fraction of sp³-hybridized carbons (Fsp3) is 0.550. The summed E-state index contributed by atoms with van der Waals surface area (Å²) < 4.78 is 0. The number of fused-ring (bicyclic) bond motifs is 2. The van der Waals surface area contributed by atoms with Gasteiger partial charge in [0.25, 0.3) is 0 Å². The topological polar surface area (TPSA) is 20.3 Å². The first-order valence-corrected chi connectivity index (χ1v) is 9.34. The lowest BCUT2D eigenvalue weighted by Crippen LogP contribution is -2.37. The number of hydrogen-bond acceptors (Lipinski definition) is 1. The fourth-order valence-electron chi connectivity index (χ4n) is 4.24. The number of benzene rings is 1. The van der Waals surface area contributed by atoms with Gasteiger partial charge in [0.1, 0.15) is 0 Å². The molecular formula is C20H24ClNO. The molecule has 122 valence electrons. The highest BCUT2D eigenvalue weighted by atomic mass is 35.5. The summed E-state index contributed by atoms with van der Waals surface area (Å²) in [6, 6.07) is 8.32. The zero-order valence-electron chi connectivity index (χ0n) is 13.5. The van der Waals surface area contributed by atoms with Crippen molar-refractivity contribution in [2.75, 3.05) is 0 Å². The molecule has 3 heteroatoms. The van der Waals surface area contributed by atoms with E-state index in [0.717, 1.165) is 41.3 Å². The maximum Gasteiger partial charge on any atom is 0.250 e. The molecular weight excluding hydrogens is 306 g/mol. The summed E-state index contributed by atoms with van der Waals surface area (Å²) in [6.07, 6.45) is 10.7. The highest BCUT2D eigenvalue weighted by Gasteiger charge is 2.38. The van der Waals surface area contributed by atoms with Crippen molar-refractivity contribution in [1.82, 2.24) is 4.90 Å². The van der Waals surface area contributed by atoms with Crippen LogP contribution >= 0.6 is 11.6 Å². The molecule has 0 spiro atoms. The van der Waals surface area contributed by atoms with E-state index in [1.54, 1.807) is 0 Å². The minimum absolute atomic E-state index is 0.276. The summed E-state index contributed by atoms with van der Waals surface area (Å²) in [5.41, 5.74) is 2.16. The third-order valence-electron chi connectivity index (χ3n) is 5.69. The Morgan fingerprint density at radius 1 is 1.17 bits per heavy atom. The molecule has 3 aliphatic rings. The lowest BCUT2D eigenvalue weighted by Gasteiger charge is -2.36. The van der Waals surface area contributed by atoms with Crippen molar-refractivity contribution < 1.29 is 4.79 Å². The first kappa shape index (κ1) is 15.3. The maximum atomic E-state index is 13.2. The molecule has 1 aromatic rings. The van der Waals surface area contributed by atoms with Crippen molar-refractivity contribution in [3.8, 4) is 0 Å². The first-order valence-electron chi connectivity index (χ1n) is 8.97. The largest absolute Gasteiger partial charge is 0.332 e. The Morgan fingerprint density at radius 2 is 2.00 bits per heavy atom. The minimum atomic E-state index is 0.276. The standard InChI is InChI=1S/C20H24ClNO/c21-19-7-2-1-5-16(19)13-22(17-9-10-17)20(23)18-11-8-14-4-3-6-15(18)12-14/h1-2,5,7,11,14-15,17H,3-4,6,8-10,12-13H2. The Hall–Kier alpha value is -1.28. The summed E-state index contributed by atoms with van der Waals surface area (Å²) in [4.78, 5) is 15.3. The first-order chi connectivity index (χ1) is 11.2. The molecule has 0 heterocycles. The van der Waals surface area contributed by atoms with Crippen LogP contribution in [-0.4, -0.2) is 16.8 Å². The molecule has 2 bridgehead atoms. The normalized spacial score (nSPS) is 26.6. The van der Waals surface area contributed by atoms with Crippen LogP contribution in [-0.2, 0) is 11.3 Å². The molecule has 2 nitrogen and oxygen atoms in total. The van der Waals surface area contributed by atoms with Gasteiger partial charge in [0, 0.05) is 23.2 Å². The van der Waals surface area contributed by atoms with E-state index in [9.17, 15) is 4.79 Å². The number of halogens is 1. The highest BCUT2D eigenvalue weighted by Crippen LogP contribution is 2.42. The predicted molar refractivity (Wildman–Crippen MR) is 93.2 cm³/mol. The van der Waals surface area contributed by atoms with Crippen molar-refractivity contribution >= 4 is 17.5 Å². The molecule has 2 saturated carbocycles. The second-order valence-electron chi connectivity index (χ2n) is 7.38. The summed E-state index contributed by atoms with van der Waals surface area (Å²) in [5, 5.41) is 0.765. The van der Waals surface area contributed by atoms with Crippen molar-refractivity contribution in [3.63, 3.8) is 0 Å². The zero-order chi connectivity index (χ0) is 15.8. The SMILES string of the molecule is O=C(C1=CCC2CCCC1C2)N(Cc1ccccc1Cl)C1CC1. The molecule has 1 amide bonds. The summed E-state index contributed by atoms with van der Waals surface area (Å²) in [7, 11) is 0. The van der Waals surface area contributed by atoms with Crippen molar-refractivity contribution in [2.45, 2.75) is 57.5 Å². The molecule has 0 saturated heterocycles. The Balaban J connectivity index is 1.55. The van der Waals surface area contributed by atoms with E-state index >= 15 is 0 Å². The molecule has 0 aliphatic heterocycles. The monoisotopic (exact) mass is 329 g/mol. The van der Waals surface area contributed by atoms with Crippen LogP contribution in [0.2, 0.25) is 5.02 Å². The lowest BCUT2D eigenvalue weighted by atomic mass is 9.72. The van der Waals surface area contributed by atoms with E-state index in [4.69, 9.17) is 11.6 Å². The molecule has 23 heavy (non-hydrogen) atoms. The van der Waals surface area contributed by atoms with Gasteiger partial charge in [-0.3, -0.25) is 4.79 Å². The molecule has 0 radical (unpaired) electrons. The van der Waals surface area contributed by atoms with Crippen LogP contribution in [0.25, 0.3) is 0 Å². The number of rotatable bonds is 4. The zero-order valence-corrected chi connectivity index (χ0v) is 14.3. The van der Waals surface area contributed by atoms with Crippen LogP contribution < -0.4 is 0 Å². The number of amides is 1. The van der Waals surface area contributed by atoms with E-state index in [1.165, 1.54) is 25.7 Å². The van der Waals surface area contributed by atoms with Crippen LogP contribution in [0.3, 0.4) is 0 Å². The average molecular weight is 330 g/mol. The Morgan fingerprint density at radius 3 is 2.78 bits per heavy atom. The van der Waals surface area contributed by atoms with Crippen molar-refractivity contribution in [3.05, 3.63) is 46.5 Å². The van der Waals surface area contributed by atoms with Gasteiger partial charge in [0.15, 0.2) is 0 Å². The van der Waals surface area contributed by atoms with Gasteiger partial charge in [-0.05, 0) is 55.6 Å². The van der Waals surface area contributed by atoms with Gasteiger partial charge in [0.05, 0.1) is 0 Å². The van der Waals surface area contributed by atoms with Crippen LogP contribution in [0.15, 0.2) is 35.9 Å². The second-order valence-corrected chi connectivity index (χ2v) is 7.79. The van der Waals surface area contributed by atoms with Gasteiger partial charge in [-0.1, -0.05) is 48.7 Å². The van der Waals surface area contributed by atoms with Crippen LogP contribution in [0.5, 0.6) is 0 Å². The van der Waals surface area contributed by atoms with Crippen LogP contribution in [0.4, 0.5) is 0 Å². The van der Waals surface area contributed by atoms with Gasteiger partial charge < -0.3 is 4.90 Å². The average Bonchev–Trinajstić information content (AvgIpc) is 3.39. The van der Waals surface area contributed by atoms with Gasteiger partial charge in [-0.2, -0.15) is 0 Å². The summed E-state index contributed by atoms with van der Waals surface area (Å²) >= 11 is 6.32. The van der Waals surface area contributed by atoms with E-state index in [2.05, 4.69) is 11.0 Å². The molecule has 4 rings (SSSR count). The number of carbonyl (C=O) groups is 1. The maximum absolute atomic E-state index is 13.2. The number of allylic oxidation sites excluding steroid dienone is 1. The molecule has 0 aromatic heterocycles.